The number of carbonyl (C=O) groups excluding carboxylic acids is 4. The highest BCUT2D eigenvalue weighted by molar-refractivity contribution is 6.37. The van der Waals surface area contributed by atoms with Crippen molar-refractivity contribution in [2.24, 2.45) is 11.8 Å². The molecule has 0 unspecified atom stereocenters. The Morgan fingerprint density at radius 3 is 2.26 bits per heavy atom. The topological polar surface area (TPSA) is 155 Å². The van der Waals surface area contributed by atoms with Gasteiger partial charge in [-0.25, -0.2) is 4.79 Å². The summed E-state index contributed by atoms with van der Waals surface area (Å²) in [5.74, 6) is -3.85. The summed E-state index contributed by atoms with van der Waals surface area (Å²) in [5, 5.41) is 26.7. The van der Waals surface area contributed by atoms with Crippen LogP contribution in [-0.2, 0) is 35.1 Å². The lowest BCUT2D eigenvalue weighted by Crippen LogP contribution is -2.61. The zero-order valence-corrected chi connectivity index (χ0v) is 33.6. The van der Waals surface area contributed by atoms with Gasteiger partial charge in [0.1, 0.15) is 18.2 Å². The van der Waals surface area contributed by atoms with Gasteiger partial charge in [0.15, 0.2) is 11.8 Å². The van der Waals surface area contributed by atoms with Gasteiger partial charge >= 0.3 is 5.97 Å². The fourth-order valence-corrected chi connectivity index (χ4v) is 6.70. The normalized spacial score (nSPS) is 27.0. The average Bonchev–Trinajstić information content (AvgIpc) is 3.12. The second kappa shape index (κ2) is 20.0. The maximum Gasteiger partial charge on any atom is 0.332 e. The lowest BCUT2D eigenvalue weighted by atomic mass is 9.94. The number of phenolic OH excluding ortho intramolecular Hbond substituents is 1. The van der Waals surface area contributed by atoms with Gasteiger partial charge in [-0.2, -0.15) is 0 Å². The summed E-state index contributed by atoms with van der Waals surface area (Å²) in [7, 11) is 3.10. The van der Waals surface area contributed by atoms with Crippen LogP contribution >= 0.6 is 23.2 Å². The molecule has 3 rings (SSSR count). The molecule has 11 nitrogen and oxygen atoms in total. The first-order valence-corrected chi connectivity index (χ1v) is 18.7. The molecular formula is C41H53Cl2N3O8. The molecule has 13 heteroatoms. The van der Waals surface area contributed by atoms with Crippen LogP contribution in [0.1, 0.15) is 71.6 Å². The van der Waals surface area contributed by atoms with Crippen LogP contribution in [0.2, 0.25) is 10.0 Å². The van der Waals surface area contributed by atoms with E-state index < -0.39 is 53.5 Å². The van der Waals surface area contributed by atoms with E-state index in [1.165, 1.54) is 44.0 Å². The Morgan fingerprint density at radius 1 is 1.06 bits per heavy atom. The summed E-state index contributed by atoms with van der Waals surface area (Å²) < 4.78 is 11.8. The minimum atomic E-state index is -1.82. The molecule has 1 aliphatic heterocycles. The number of hydrogen-bond donors (Lipinski definition) is 4. The van der Waals surface area contributed by atoms with E-state index in [2.05, 4.69) is 10.6 Å². The van der Waals surface area contributed by atoms with Gasteiger partial charge in [-0.15, -0.1) is 0 Å². The summed E-state index contributed by atoms with van der Waals surface area (Å²) in [6, 6.07) is 7.97. The molecule has 1 aliphatic rings. The van der Waals surface area contributed by atoms with E-state index in [-0.39, 0.29) is 40.2 Å². The summed E-state index contributed by atoms with van der Waals surface area (Å²) >= 11 is 12.4. The monoisotopic (exact) mass is 785 g/mol. The molecule has 7 atom stereocenters. The number of methoxy groups -OCH3 is 1. The molecule has 0 saturated carbocycles. The first-order valence-electron chi connectivity index (χ1n) is 18.0. The van der Waals surface area contributed by atoms with Gasteiger partial charge in [0.2, 0.25) is 17.7 Å². The van der Waals surface area contributed by atoms with Gasteiger partial charge in [-0.05, 0) is 68.0 Å². The predicted octanol–water partition coefficient (Wildman–Crippen LogP) is 6.25. The minimum Gasteiger partial charge on any atom is -0.505 e. The molecule has 294 valence electrons. The number of esters is 1. The van der Waals surface area contributed by atoms with Crippen LogP contribution < -0.4 is 10.6 Å². The van der Waals surface area contributed by atoms with Crippen LogP contribution in [0.5, 0.6) is 5.75 Å². The highest BCUT2D eigenvalue weighted by Crippen LogP contribution is 2.33. The van der Waals surface area contributed by atoms with E-state index in [1.807, 2.05) is 76.3 Å². The Labute approximate surface area is 328 Å². The van der Waals surface area contributed by atoms with E-state index in [0.717, 1.165) is 5.57 Å². The number of halogens is 2. The molecule has 0 fully saturated rings. The average molecular weight is 787 g/mol. The van der Waals surface area contributed by atoms with Crippen molar-refractivity contribution >= 4 is 46.9 Å². The zero-order chi connectivity index (χ0) is 40.3. The van der Waals surface area contributed by atoms with Crippen molar-refractivity contribution < 1.29 is 38.9 Å². The summed E-state index contributed by atoms with van der Waals surface area (Å²) in [6.07, 6.45) is 8.26. The lowest BCUT2D eigenvalue weighted by Gasteiger charge is -2.34. The third-order valence-electron chi connectivity index (χ3n) is 9.62. The number of ether oxygens (including phenoxy) is 2. The second-order valence-corrected chi connectivity index (χ2v) is 15.1. The van der Waals surface area contributed by atoms with Crippen LogP contribution in [0.15, 0.2) is 78.4 Å². The number of benzene rings is 2. The number of phenols is 1. The molecule has 1 heterocycles. The molecule has 2 aromatic carbocycles. The number of carbonyl (C=O) groups is 4. The summed E-state index contributed by atoms with van der Waals surface area (Å²) in [5.41, 5.74) is 0.133. The molecule has 0 bridgehead atoms. The molecule has 0 radical (unpaired) electrons. The van der Waals surface area contributed by atoms with E-state index >= 15 is 0 Å². The van der Waals surface area contributed by atoms with Crippen molar-refractivity contribution in [2.75, 3.05) is 14.2 Å². The first-order chi connectivity index (χ1) is 25.4. The zero-order valence-electron chi connectivity index (χ0n) is 32.1. The fourth-order valence-electron chi connectivity index (χ4n) is 6.16. The van der Waals surface area contributed by atoms with Crippen molar-refractivity contribution in [3.05, 3.63) is 99.6 Å². The number of aromatic hydroxyl groups is 1. The largest absolute Gasteiger partial charge is 0.505 e. The van der Waals surface area contributed by atoms with Crippen LogP contribution in [0.25, 0.3) is 0 Å². The van der Waals surface area contributed by atoms with Crippen molar-refractivity contribution in [2.45, 2.75) is 96.7 Å². The fraction of sp³-hybridized carbons (Fsp3) is 0.463. The first kappa shape index (κ1) is 44.2. The lowest BCUT2D eigenvalue weighted by molar-refractivity contribution is -0.162. The SMILES string of the molecule is CC[C@H](C)[C@H]1C(=O)N[C@H](Cc2cc(Cl)c(O)c(Cl)c2)C(=O)N[C@@H](C(C)(C)O)C(=O)O[C@H](c2ccccc2)[C@H](C)/C=C/C=C(\C)[C@H](OC)C/C=C/C(=O)N1C. The molecule has 0 aromatic heterocycles. The number of hydrogen-bond acceptors (Lipinski definition) is 8. The number of aliphatic hydroxyl groups is 1. The Balaban J connectivity index is 2.18. The number of amides is 3. The number of allylic oxidation sites excluding steroid dienone is 2. The Hall–Kier alpha value is -4.16. The highest BCUT2D eigenvalue weighted by Gasteiger charge is 2.40. The molecule has 3 amide bonds. The van der Waals surface area contributed by atoms with E-state index in [1.54, 1.807) is 13.2 Å². The maximum atomic E-state index is 14.2. The number of likely N-dealkylation sites (N-methyl/N-ethyl adjacent to an activating group) is 1. The molecule has 0 aliphatic carbocycles. The van der Waals surface area contributed by atoms with Gasteiger partial charge < -0.3 is 35.2 Å². The molecular weight excluding hydrogens is 733 g/mol. The minimum absolute atomic E-state index is 0.0734. The van der Waals surface area contributed by atoms with Gasteiger partial charge in [-0.3, -0.25) is 14.4 Å². The Bertz CT molecular complexity index is 1700. The second-order valence-electron chi connectivity index (χ2n) is 14.3. The van der Waals surface area contributed by atoms with Crippen LogP contribution in [-0.4, -0.2) is 82.8 Å². The van der Waals surface area contributed by atoms with Gasteiger partial charge in [0.25, 0.3) is 0 Å². The molecule has 0 spiro atoms. The van der Waals surface area contributed by atoms with Crippen molar-refractivity contribution in [1.82, 2.24) is 15.5 Å². The van der Waals surface area contributed by atoms with Crippen molar-refractivity contribution in [1.29, 1.82) is 0 Å². The number of cyclic esters (lactones) is 1. The standard InChI is InChI=1S/C41H53Cl2N3O8/c1-9-24(2)34-39(50)44-31(23-27-21-29(42)35(48)30(43)22-27)38(49)45-37(41(5,6)52)40(51)54-36(28-17-11-10-12-18-28)26(4)16-13-15-25(3)32(53-8)19-14-20-33(47)46(34)7/h10-18,20-22,24,26,31-32,34,36-37,48,52H,9,19,23H2,1-8H3,(H,44,50)(H,45,49)/b16-13+,20-14+,25-15+/t24-,26+,31+,32+,34-,36-,37+/m0/s1. The smallest absolute Gasteiger partial charge is 0.332 e. The quantitative estimate of drug-likeness (QED) is 0.240. The van der Waals surface area contributed by atoms with Crippen LogP contribution in [0, 0.1) is 11.8 Å². The Morgan fingerprint density at radius 2 is 1.69 bits per heavy atom. The van der Waals surface area contributed by atoms with E-state index in [9.17, 15) is 29.4 Å². The van der Waals surface area contributed by atoms with Crippen LogP contribution in [0.4, 0.5) is 0 Å². The van der Waals surface area contributed by atoms with Gasteiger partial charge in [-0.1, -0.05) is 105 Å². The Kier molecular flexibility index (Phi) is 16.3. The maximum absolute atomic E-state index is 14.2. The number of nitrogens with zero attached hydrogens (tertiary/aromatic N) is 1. The molecule has 2 aromatic rings. The van der Waals surface area contributed by atoms with Crippen molar-refractivity contribution in [3.8, 4) is 5.75 Å². The number of nitrogens with one attached hydrogen (secondary N) is 2. The predicted molar refractivity (Wildman–Crippen MR) is 210 cm³/mol. The van der Waals surface area contributed by atoms with Crippen molar-refractivity contribution in [3.63, 3.8) is 0 Å². The summed E-state index contributed by atoms with van der Waals surface area (Å²) in [6.45, 7) is 10.2. The van der Waals surface area contributed by atoms with E-state index in [0.29, 0.717) is 24.0 Å². The highest BCUT2D eigenvalue weighted by atomic mass is 35.5. The molecule has 4 N–H and O–H groups in total. The molecule has 0 saturated heterocycles. The van der Waals surface area contributed by atoms with Crippen LogP contribution in [0.3, 0.4) is 0 Å². The van der Waals surface area contributed by atoms with Gasteiger partial charge in [0.05, 0.1) is 21.8 Å². The van der Waals surface area contributed by atoms with E-state index in [4.69, 9.17) is 32.7 Å². The third-order valence-corrected chi connectivity index (χ3v) is 10.2. The summed E-state index contributed by atoms with van der Waals surface area (Å²) in [4.78, 5) is 57.2. The number of rotatable bonds is 7. The third kappa shape index (κ3) is 11.9. The molecule has 54 heavy (non-hydrogen) atoms. The van der Waals surface area contributed by atoms with Gasteiger partial charge in [0, 0.05) is 26.5 Å².